The molecule has 2 aromatic rings. The van der Waals surface area contributed by atoms with Gasteiger partial charge in [-0.25, -0.2) is 0 Å². The minimum atomic E-state index is 0.437. The number of hydrogen-bond donors (Lipinski definition) is 3. The van der Waals surface area contributed by atoms with E-state index in [1.807, 2.05) is 24.3 Å². The fourth-order valence-electron chi connectivity index (χ4n) is 1.62. The summed E-state index contributed by atoms with van der Waals surface area (Å²) in [6.07, 6.45) is 1.21. The van der Waals surface area contributed by atoms with E-state index in [1.54, 1.807) is 18.2 Å². The molecular formula is C14H15N3O. The lowest BCUT2D eigenvalue weighted by Crippen LogP contribution is -1.98. The third-order valence-electron chi connectivity index (χ3n) is 2.57. The zero-order chi connectivity index (χ0) is 13.0. The van der Waals surface area contributed by atoms with Crippen molar-refractivity contribution in [2.45, 2.75) is 6.61 Å². The fraction of sp³-hybridized carbons (Fsp3) is 0.0714. The number of rotatable bonds is 4. The third kappa shape index (κ3) is 2.79. The molecule has 0 aliphatic heterocycles. The number of anilines is 2. The minimum absolute atomic E-state index is 0.437. The van der Waals surface area contributed by atoms with Gasteiger partial charge in [-0.2, -0.15) is 0 Å². The smallest absolute Gasteiger partial charge is 0.120 e. The molecule has 0 bridgehead atoms. The van der Waals surface area contributed by atoms with Gasteiger partial charge in [0, 0.05) is 23.2 Å². The van der Waals surface area contributed by atoms with Crippen molar-refractivity contribution in [3.8, 4) is 5.75 Å². The lowest BCUT2D eigenvalue weighted by Gasteiger charge is -2.08. The quantitative estimate of drug-likeness (QED) is 0.567. The molecule has 0 unspecified atom stereocenters. The van der Waals surface area contributed by atoms with Gasteiger partial charge in [-0.1, -0.05) is 12.1 Å². The van der Waals surface area contributed by atoms with E-state index < -0.39 is 0 Å². The summed E-state index contributed by atoms with van der Waals surface area (Å²) in [7, 11) is 0. The molecule has 0 fully saturated rings. The van der Waals surface area contributed by atoms with Crippen molar-refractivity contribution in [3.63, 3.8) is 0 Å². The second kappa shape index (κ2) is 5.23. The maximum Gasteiger partial charge on any atom is 0.120 e. The summed E-state index contributed by atoms with van der Waals surface area (Å²) in [5.41, 5.74) is 14.3. The number of nitrogens with two attached hydrogens (primary N) is 2. The summed E-state index contributed by atoms with van der Waals surface area (Å²) in [6, 6.07) is 12.8. The zero-order valence-electron chi connectivity index (χ0n) is 9.89. The predicted molar refractivity (Wildman–Crippen MR) is 73.9 cm³/mol. The van der Waals surface area contributed by atoms with E-state index in [4.69, 9.17) is 21.6 Å². The Kier molecular flexibility index (Phi) is 3.48. The van der Waals surface area contributed by atoms with Gasteiger partial charge in [0.2, 0.25) is 0 Å². The molecule has 2 rings (SSSR count). The molecule has 4 heteroatoms. The van der Waals surface area contributed by atoms with Crippen molar-refractivity contribution in [2.24, 2.45) is 0 Å². The van der Waals surface area contributed by atoms with Gasteiger partial charge < -0.3 is 21.6 Å². The average molecular weight is 241 g/mol. The molecular weight excluding hydrogens is 226 g/mol. The van der Waals surface area contributed by atoms with Crippen LogP contribution >= 0.6 is 0 Å². The van der Waals surface area contributed by atoms with E-state index >= 15 is 0 Å². The normalized spacial score (nSPS) is 10.0. The van der Waals surface area contributed by atoms with E-state index in [2.05, 4.69) is 0 Å². The molecule has 5 N–H and O–H groups in total. The second-order valence-electron chi connectivity index (χ2n) is 3.97. The Bertz CT molecular complexity index is 567. The lowest BCUT2D eigenvalue weighted by molar-refractivity contribution is 0.306. The van der Waals surface area contributed by atoms with Crippen LogP contribution in [0.1, 0.15) is 11.1 Å². The SMILES string of the molecule is N=Cc1cc(OCc2cccc(N)c2)ccc1N. The molecule has 0 heterocycles. The summed E-state index contributed by atoms with van der Waals surface area (Å²) in [5, 5.41) is 7.23. The Labute approximate surface area is 106 Å². The summed E-state index contributed by atoms with van der Waals surface area (Å²) < 4.78 is 5.63. The molecule has 18 heavy (non-hydrogen) atoms. The molecule has 2 aromatic carbocycles. The van der Waals surface area contributed by atoms with Crippen molar-refractivity contribution in [3.05, 3.63) is 53.6 Å². The molecule has 4 nitrogen and oxygen atoms in total. The van der Waals surface area contributed by atoms with Crippen LogP contribution in [0, 0.1) is 5.41 Å². The molecule has 0 aliphatic rings. The average Bonchev–Trinajstić information content (AvgIpc) is 2.38. The molecule has 0 spiro atoms. The van der Waals surface area contributed by atoms with Crippen LogP contribution in [0.4, 0.5) is 11.4 Å². The number of nitrogens with one attached hydrogen (secondary N) is 1. The van der Waals surface area contributed by atoms with E-state index in [9.17, 15) is 0 Å². The van der Waals surface area contributed by atoms with Gasteiger partial charge in [0.1, 0.15) is 12.4 Å². The molecule has 0 saturated carbocycles. The van der Waals surface area contributed by atoms with E-state index in [1.165, 1.54) is 6.21 Å². The van der Waals surface area contributed by atoms with Crippen molar-refractivity contribution in [2.75, 3.05) is 11.5 Å². The maximum absolute atomic E-state index is 7.23. The van der Waals surface area contributed by atoms with Crippen molar-refractivity contribution >= 4 is 17.6 Å². The molecule has 0 amide bonds. The Morgan fingerprint density at radius 3 is 2.67 bits per heavy atom. The first-order chi connectivity index (χ1) is 8.69. The topological polar surface area (TPSA) is 85.1 Å². The van der Waals surface area contributed by atoms with Crippen LogP contribution in [0.3, 0.4) is 0 Å². The summed E-state index contributed by atoms with van der Waals surface area (Å²) in [6.45, 7) is 0.437. The number of hydrogen-bond acceptors (Lipinski definition) is 4. The van der Waals surface area contributed by atoms with Gasteiger partial charge in [0.25, 0.3) is 0 Å². The first-order valence-corrected chi connectivity index (χ1v) is 5.56. The molecule has 0 radical (unpaired) electrons. The Hall–Kier alpha value is -2.49. The molecule has 0 saturated heterocycles. The van der Waals surface area contributed by atoms with Crippen LogP contribution < -0.4 is 16.2 Å². The van der Waals surface area contributed by atoms with Gasteiger partial charge >= 0.3 is 0 Å². The molecule has 0 atom stereocenters. The standard InChI is InChI=1S/C14H15N3O/c15-8-11-7-13(4-5-14(11)17)18-9-10-2-1-3-12(16)6-10/h1-8,15H,9,16-17H2. The van der Waals surface area contributed by atoms with Crippen LogP contribution in [0.2, 0.25) is 0 Å². The van der Waals surface area contributed by atoms with Crippen molar-refractivity contribution < 1.29 is 4.74 Å². The summed E-state index contributed by atoms with van der Waals surface area (Å²) in [5.74, 6) is 0.685. The highest BCUT2D eigenvalue weighted by Crippen LogP contribution is 2.19. The largest absolute Gasteiger partial charge is 0.489 e. The lowest BCUT2D eigenvalue weighted by atomic mass is 10.2. The highest BCUT2D eigenvalue weighted by molar-refractivity contribution is 5.85. The second-order valence-corrected chi connectivity index (χ2v) is 3.97. The van der Waals surface area contributed by atoms with Crippen LogP contribution in [0.5, 0.6) is 5.75 Å². The molecule has 0 aromatic heterocycles. The van der Waals surface area contributed by atoms with Crippen LogP contribution in [-0.2, 0) is 6.61 Å². The maximum atomic E-state index is 7.23. The first kappa shape index (κ1) is 12.0. The predicted octanol–water partition coefficient (Wildman–Crippen LogP) is 2.43. The minimum Gasteiger partial charge on any atom is -0.489 e. The van der Waals surface area contributed by atoms with Gasteiger partial charge in [0.15, 0.2) is 0 Å². The fourth-order valence-corrected chi connectivity index (χ4v) is 1.62. The zero-order valence-corrected chi connectivity index (χ0v) is 9.89. The van der Waals surface area contributed by atoms with Gasteiger partial charge in [-0.3, -0.25) is 0 Å². The third-order valence-corrected chi connectivity index (χ3v) is 2.57. The monoisotopic (exact) mass is 241 g/mol. The highest BCUT2D eigenvalue weighted by atomic mass is 16.5. The number of benzene rings is 2. The molecule has 0 aliphatic carbocycles. The molecule has 92 valence electrons. The first-order valence-electron chi connectivity index (χ1n) is 5.56. The summed E-state index contributed by atoms with van der Waals surface area (Å²) >= 11 is 0. The van der Waals surface area contributed by atoms with E-state index in [-0.39, 0.29) is 0 Å². The van der Waals surface area contributed by atoms with E-state index in [0.29, 0.717) is 29.3 Å². The van der Waals surface area contributed by atoms with Crippen LogP contribution in [0.25, 0.3) is 0 Å². The van der Waals surface area contributed by atoms with E-state index in [0.717, 1.165) is 5.56 Å². The van der Waals surface area contributed by atoms with Gasteiger partial charge in [-0.05, 0) is 35.9 Å². The Morgan fingerprint density at radius 2 is 1.94 bits per heavy atom. The Balaban J connectivity index is 2.08. The van der Waals surface area contributed by atoms with Gasteiger partial charge in [-0.15, -0.1) is 0 Å². The van der Waals surface area contributed by atoms with Crippen LogP contribution in [0.15, 0.2) is 42.5 Å². The Morgan fingerprint density at radius 1 is 1.11 bits per heavy atom. The summed E-state index contributed by atoms with van der Waals surface area (Å²) in [4.78, 5) is 0. The van der Waals surface area contributed by atoms with Gasteiger partial charge in [0.05, 0.1) is 0 Å². The van der Waals surface area contributed by atoms with Crippen molar-refractivity contribution in [1.29, 1.82) is 5.41 Å². The number of ether oxygens (including phenoxy) is 1. The van der Waals surface area contributed by atoms with Crippen LogP contribution in [-0.4, -0.2) is 6.21 Å². The highest BCUT2D eigenvalue weighted by Gasteiger charge is 2.00. The van der Waals surface area contributed by atoms with Crippen molar-refractivity contribution in [1.82, 2.24) is 0 Å². The number of nitrogen functional groups attached to an aromatic ring is 2.